The lowest BCUT2D eigenvalue weighted by Crippen LogP contribution is -2.02. The van der Waals surface area contributed by atoms with Gasteiger partial charge in [0.05, 0.1) is 5.02 Å². The second-order valence-electron chi connectivity index (χ2n) is 2.64. The number of rotatable bonds is 3. The van der Waals surface area contributed by atoms with Crippen molar-refractivity contribution < 1.29 is 18.3 Å². The van der Waals surface area contributed by atoms with E-state index in [0.29, 0.717) is 11.8 Å². The number of halogens is 3. The zero-order valence-corrected chi connectivity index (χ0v) is 8.02. The normalized spacial score (nSPS) is 10.4. The van der Waals surface area contributed by atoms with Crippen LogP contribution in [-0.4, -0.2) is 12.9 Å². The molecule has 0 saturated carbocycles. The van der Waals surface area contributed by atoms with Crippen LogP contribution in [-0.2, 0) is 0 Å². The van der Waals surface area contributed by atoms with E-state index < -0.39 is 6.61 Å². The number of hydrogen-bond donors (Lipinski definition) is 0. The van der Waals surface area contributed by atoms with E-state index in [1.165, 1.54) is 12.1 Å². The molecular formula is C9H7ClF2O2. The molecule has 14 heavy (non-hydrogen) atoms. The van der Waals surface area contributed by atoms with E-state index in [-0.39, 0.29) is 16.3 Å². The van der Waals surface area contributed by atoms with Crippen LogP contribution >= 0.6 is 11.6 Å². The van der Waals surface area contributed by atoms with Gasteiger partial charge in [0.25, 0.3) is 0 Å². The van der Waals surface area contributed by atoms with Crippen LogP contribution in [0.3, 0.4) is 0 Å². The molecule has 0 aliphatic heterocycles. The molecule has 1 aromatic carbocycles. The molecule has 2 nitrogen and oxygen atoms in total. The first-order chi connectivity index (χ1) is 6.54. The van der Waals surface area contributed by atoms with Crippen LogP contribution in [0.25, 0.3) is 0 Å². The van der Waals surface area contributed by atoms with Gasteiger partial charge in [0.2, 0.25) is 0 Å². The average molecular weight is 221 g/mol. The second-order valence-corrected chi connectivity index (χ2v) is 3.02. The molecule has 0 aromatic heterocycles. The fourth-order valence-electron chi connectivity index (χ4n) is 1.02. The summed E-state index contributed by atoms with van der Waals surface area (Å²) in [5.41, 5.74) is 0.661. The topological polar surface area (TPSA) is 26.3 Å². The number of aryl methyl sites for hydroxylation is 1. The number of hydrogen-bond acceptors (Lipinski definition) is 2. The summed E-state index contributed by atoms with van der Waals surface area (Å²) in [6.45, 7) is -1.30. The van der Waals surface area contributed by atoms with Crippen molar-refractivity contribution in [3.63, 3.8) is 0 Å². The Kier molecular flexibility index (Phi) is 3.41. The SMILES string of the molecule is Cc1cc(OC(F)F)cc(C=O)c1Cl. The first-order valence-electron chi connectivity index (χ1n) is 3.74. The molecular weight excluding hydrogens is 214 g/mol. The minimum atomic E-state index is -2.91. The van der Waals surface area contributed by atoms with E-state index >= 15 is 0 Å². The van der Waals surface area contributed by atoms with Crippen molar-refractivity contribution >= 4 is 17.9 Å². The van der Waals surface area contributed by atoms with Crippen LogP contribution in [0.2, 0.25) is 5.02 Å². The quantitative estimate of drug-likeness (QED) is 0.732. The smallest absolute Gasteiger partial charge is 0.387 e. The number of ether oxygens (including phenoxy) is 1. The van der Waals surface area contributed by atoms with Crippen LogP contribution in [0.15, 0.2) is 12.1 Å². The molecule has 0 fully saturated rings. The number of carbonyl (C=O) groups excluding carboxylic acids is 1. The third-order valence-corrected chi connectivity index (χ3v) is 2.12. The zero-order valence-electron chi connectivity index (χ0n) is 7.26. The average Bonchev–Trinajstić information content (AvgIpc) is 2.10. The van der Waals surface area contributed by atoms with Crippen molar-refractivity contribution in [2.24, 2.45) is 0 Å². The van der Waals surface area contributed by atoms with Gasteiger partial charge in [-0.25, -0.2) is 0 Å². The number of carbonyl (C=O) groups is 1. The van der Waals surface area contributed by atoms with Crippen molar-refractivity contribution in [3.05, 3.63) is 28.3 Å². The summed E-state index contributed by atoms with van der Waals surface area (Å²) in [7, 11) is 0. The highest BCUT2D eigenvalue weighted by molar-refractivity contribution is 6.33. The minimum Gasteiger partial charge on any atom is -0.435 e. The van der Waals surface area contributed by atoms with Gasteiger partial charge in [-0.1, -0.05) is 11.6 Å². The van der Waals surface area contributed by atoms with E-state index in [1.54, 1.807) is 6.92 Å². The molecule has 0 heterocycles. The third-order valence-electron chi connectivity index (χ3n) is 1.61. The fourth-order valence-corrected chi connectivity index (χ4v) is 1.17. The van der Waals surface area contributed by atoms with Gasteiger partial charge in [-0.05, 0) is 24.6 Å². The Morgan fingerprint density at radius 1 is 1.50 bits per heavy atom. The van der Waals surface area contributed by atoms with Crippen LogP contribution < -0.4 is 4.74 Å². The molecule has 0 aliphatic carbocycles. The summed E-state index contributed by atoms with van der Waals surface area (Å²) in [5.74, 6) is -0.0657. The molecule has 76 valence electrons. The van der Waals surface area contributed by atoms with Gasteiger partial charge in [-0.2, -0.15) is 8.78 Å². The van der Waals surface area contributed by atoms with Gasteiger partial charge in [0.15, 0.2) is 6.29 Å². The highest BCUT2D eigenvalue weighted by Crippen LogP contribution is 2.26. The Morgan fingerprint density at radius 3 is 2.64 bits per heavy atom. The Hall–Kier alpha value is -1.16. The van der Waals surface area contributed by atoms with Gasteiger partial charge in [-0.3, -0.25) is 4.79 Å². The largest absolute Gasteiger partial charge is 0.435 e. The molecule has 0 amide bonds. The molecule has 1 rings (SSSR count). The highest BCUT2D eigenvalue weighted by Gasteiger charge is 2.09. The van der Waals surface area contributed by atoms with E-state index in [9.17, 15) is 13.6 Å². The summed E-state index contributed by atoms with van der Waals surface area (Å²) in [6.07, 6.45) is 0.494. The maximum atomic E-state index is 11.8. The molecule has 0 saturated heterocycles. The molecule has 1 aromatic rings. The van der Waals surface area contributed by atoms with Crippen LogP contribution in [0.1, 0.15) is 15.9 Å². The lowest BCUT2D eigenvalue weighted by atomic mass is 10.1. The van der Waals surface area contributed by atoms with Crippen LogP contribution in [0.5, 0.6) is 5.75 Å². The maximum absolute atomic E-state index is 11.8. The molecule has 0 atom stereocenters. The van der Waals surface area contributed by atoms with Crippen molar-refractivity contribution in [1.82, 2.24) is 0 Å². The first kappa shape index (κ1) is 10.9. The number of alkyl halides is 2. The van der Waals surface area contributed by atoms with Gasteiger partial charge >= 0.3 is 6.61 Å². The summed E-state index contributed by atoms with van der Waals surface area (Å²) < 4.78 is 27.8. The van der Waals surface area contributed by atoms with E-state index in [1.807, 2.05) is 0 Å². The van der Waals surface area contributed by atoms with Crippen molar-refractivity contribution in [1.29, 1.82) is 0 Å². The van der Waals surface area contributed by atoms with Crippen LogP contribution in [0.4, 0.5) is 8.78 Å². The maximum Gasteiger partial charge on any atom is 0.387 e. The van der Waals surface area contributed by atoms with E-state index in [0.717, 1.165) is 0 Å². The predicted octanol–water partition coefficient (Wildman–Crippen LogP) is 3.06. The molecule has 0 unspecified atom stereocenters. The lowest BCUT2D eigenvalue weighted by molar-refractivity contribution is -0.0498. The minimum absolute atomic E-state index is 0.0657. The molecule has 0 spiro atoms. The molecule has 0 bridgehead atoms. The molecule has 0 radical (unpaired) electrons. The van der Waals surface area contributed by atoms with Crippen molar-refractivity contribution in [2.45, 2.75) is 13.5 Å². The summed E-state index contributed by atoms with van der Waals surface area (Å²) in [6, 6.07) is 2.52. The third kappa shape index (κ3) is 2.42. The van der Waals surface area contributed by atoms with Crippen molar-refractivity contribution in [3.8, 4) is 5.75 Å². The molecule has 5 heteroatoms. The fraction of sp³-hybridized carbons (Fsp3) is 0.222. The lowest BCUT2D eigenvalue weighted by Gasteiger charge is -2.07. The standard InChI is InChI=1S/C9H7ClF2O2/c1-5-2-7(14-9(11)12)3-6(4-13)8(5)10/h2-4,9H,1H3. The van der Waals surface area contributed by atoms with E-state index in [4.69, 9.17) is 11.6 Å². The summed E-state index contributed by atoms with van der Waals surface area (Å²) in [5, 5.41) is 0.251. The Bertz CT molecular complexity index is 353. The Morgan fingerprint density at radius 2 is 2.14 bits per heavy atom. The Labute approximate surface area is 84.4 Å². The monoisotopic (exact) mass is 220 g/mol. The zero-order chi connectivity index (χ0) is 10.7. The first-order valence-corrected chi connectivity index (χ1v) is 4.12. The summed E-state index contributed by atoms with van der Waals surface area (Å²) >= 11 is 5.73. The van der Waals surface area contributed by atoms with Crippen LogP contribution in [0, 0.1) is 6.92 Å². The van der Waals surface area contributed by atoms with E-state index in [2.05, 4.69) is 4.74 Å². The second kappa shape index (κ2) is 4.37. The van der Waals surface area contributed by atoms with Gasteiger partial charge in [0, 0.05) is 5.56 Å². The Balaban J connectivity index is 3.09. The summed E-state index contributed by atoms with van der Waals surface area (Å²) in [4.78, 5) is 10.5. The molecule has 0 aliphatic rings. The van der Waals surface area contributed by atoms with Crippen molar-refractivity contribution in [2.75, 3.05) is 0 Å². The number of aldehydes is 1. The number of benzene rings is 1. The highest BCUT2D eigenvalue weighted by atomic mass is 35.5. The predicted molar refractivity (Wildman–Crippen MR) is 48.2 cm³/mol. The molecule has 0 N–H and O–H groups in total. The van der Waals surface area contributed by atoms with Gasteiger partial charge in [-0.15, -0.1) is 0 Å². The van der Waals surface area contributed by atoms with Gasteiger partial charge in [0.1, 0.15) is 5.75 Å². The van der Waals surface area contributed by atoms with Gasteiger partial charge < -0.3 is 4.74 Å².